The van der Waals surface area contributed by atoms with Crippen LogP contribution in [0.25, 0.3) is 22.9 Å². The lowest BCUT2D eigenvalue weighted by molar-refractivity contribution is 0.102. The third-order valence-corrected chi connectivity index (χ3v) is 5.38. The van der Waals surface area contributed by atoms with Crippen LogP contribution in [-0.4, -0.2) is 29.8 Å². The Bertz CT molecular complexity index is 1270. The van der Waals surface area contributed by atoms with E-state index in [1.165, 1.54) is 0 Å². The van der Waals surface area contributed by atoms with Crippen molar-refractivity contribution < 1.29 is 18.7 Å². The highest BCUT2D eigenvalue weighted by atomic mass is 16.5. The molecule has 7 nitrogen and oxygen atoms in total. The Morgan fingerprint density at radius 3 is 2.50 bits per heavy atom. The molecule has 0 saturated carbocycles. The van der Waals surface area contributed by atoms with E-state index in [2.05, 4.69) is 22.4 Å². The number of carbonyl (C=O) groups excluding carboxylic acids is 1. The van der Waals surface area contributed by atoms with Gasteiger partial charge in [-0.3, -0.25) is 4.79 Å². The molecule has 174 valence electrons. The topological polar surface area (TPSA) is 86.5 Å². The number of hydrogen-bond acceptors (Lipinski definition) is 6. The van der Waals surface area contributed by atoms with Gasteiger partial charge in [0.05, 0.1) is 19.4 Å². The van der Waals surface area contributed by atoms with Crippen molar-refractivity contribution in [1.29, 1.82) is 0 Å². The van der Waals surface area contributed by atoms with E-state index >= 15 is 0 Å². The minimum absolute atomic E-state index is 0.258. The van der Waals surface area contributed by atoms with Crippen LogP contribution in [0.2, 0.25) is 0 Å². The minimum atomic E-state index is -0.258. The molecule has 0 fully saturated rings. The Labute approximate surface area is 198 Å². The van der Waals surface area contributed by atoms with E-state index in [1.54, 1.807) is 49.6 Å². The lowest BCUT2D eigenvalue weighted by Crippen LogP contribution is -2.13. The number of aryl methyl sites for hydroxylation is 1. The highest BCUT2D eigenvalue weighted by Gasteiger charge is 2.15. The normalized spacial score (nSPS) is 10.7. The molecular formula is C27H27N3O4. The first-order valence-electron chi connectivity index (χ1n) is 11.2. The van der Waals surface area contributed by atoms with Crippen molar-refractivity contribution in [1.82, 2.24) is 10.2 Å². The van der Waals surface area contributed by atoms with Gasteiger partial charge in [-0.25, -0.2) is 0 Å². The van der Waals surface area contributed by atoms with Gasteiger partial charge in [-0.2, -0.15) is 0 Å². The van der Waals surface area contributed by atoms with Crippen LogP contribution < -0.4 is 14.8 Å². The molecule has 0 spiro atoms. The fraction of sp³-hybridized carbons (Fsp3) is 0.222. The molecule has 34 heavy (non-hydrogen) atoms. The molecule has 0 saturated heterocycles. The average molecular weight is 458 g/mol. The van der Waals surface area contributed by atoms with E-state index in [1.807, 2.05) is 31.2 Å². The summed E-state index contributed by atoms with van der Waals surface area (Å²) in [5.41, 5.74) is 3.73. The van der Waals surface area contributed by atoms with Gasteiger partial charge in [0.1, 0.15) is 11.5 Å². The zero-order valence-corrected chi connectivity index (χ0v) is 19.5. The molecular weight excluding hydrogens is 430 g/mol. The summed E-state index contributed by atoms with van der Waals surface area (Å²) in [5.74, 6) is 1.84. The van der Waals surface area contributed by atoms with Gasteiger partial charge in [0, 0.05) is 22.8 Å². The number of ether oxygens (including phenoxy) is 2. The monoisotopic (exact) mass is 457 g/mol. The lowest BCUT2D eigenvalue weighted by Gasteiger charge is -2.14. The molecule has 3 aromatic carbocycles. The predicted octanol–water partition coefficient (Wildman–Crippen LogP) is 6.15. The second-order valence-corrected chi connectivity index (χ2v) is 7.82. The molecule has 7 heteroatoms. The highest BCUT2D eigenvalue weighted by Crippen LogP contribution is 2.30. The highest BCUT2D eigenvalue weighted by molar-refractivity contribution is 6.05. The smallest absolute Gasteiger partial charge is 0.255 e. The summed E-state index contributed by atoms with van der Waals surface area (Å²) >= 11 is 0. The van der Waals surface area contributed by atoms with E-state index < -0.39 is 0 Å². The summed E-state index contributed by atoms with van der Waals surface area (Å²) in [6.07, 6.45) is 1.96. The number of hydrogen-bond donors (Lipinski definition) is 1. The van der Waals surface area contributed by atoms with Crippen molar-refractivity contribution in [2.45, 2.75) is 26.7 Å². The Hall–Kier alpha value is -4.13. The van der Waals surface area contributed by atoms with Crippen LogP contribution in [-0.2, 0) is 0 Å². The maximum atomic E-state index is 12.9. The van der Waals surface area contributed by atoms with E-state index in [-0.39, 0.29) is 5.91 Å². The number of benzene rings is 3. The minimum Gasteiger partial charge on any atom is -0.497 e. The maximum Gasteiger partial charge on any atom is 0.255 e. The van der Waals surface area contributed by atoms with Crippen molar-refractivity contribution in [3.63, 3.8) is 0 Å². The van der Waals surface area contributed by atoms with E-state index in [4.69, 9.17) is 13.9 Å². The van der Waals surface area contributed by atoms with Crippen molar-refractivity contribution in [2.75, 3.05) is 19.0 Å². The first-order valence-corrected chi connectivity index (χ1v) is 11.2. The van der Waals surface area contributed by atoms with Crippen molar-refractivity contribution >= 4 is 11.6 Å². The lowest BCUT2D eigenvalue weighted by atomic mass is 10.1. The summed E-state index contributed by atoms with van der Waals surface area (Å²) in [6, 6.07) is 20.2. The van der Waals surface area contributed by atoms with Gasteiger partial charge in [0.2, 0.25) is 11.8 Å². The standard InChI is InChI=1S/C27H27N3O4/c1-4-5-16-33-24-15-14-21(32-3)17-23(24)28-25(31)19-10-12-20(13-11-19)26-29-30-27(34-26)22-9-7-6-8-18(22)2/h6-15,17H,4-5,16H2,1-3H3,(H,28,31). The number of carbonyl (C=O) groups is 1. The predicted molar refractivity (Wildman–Crippen MR) is 131 cm³/mol. The van der Waals surface area contributed by atoms with Gasteiger partial charge < -0.3 is 19.2 Å². The van der Waals surface area contributed by atoms with Crippen molar-refractivity contribution in [3.05, 3.63) is 77.9 Å². The van der Waals surface area contributed by atoms with Gasteiger partial charge in [-0.1, -0.05) is 31.5 Å². The maximum absolute atomic E-state index is 12.9. The zero-order valence-electron chi connectivity index (χ0n) is 19.5. The number of methoxy groups -OCH3 is 1. The molecule has 1 aromatic heterocycles. The number of aromatic nitrogens is 2. The second-order valence-electron chi connectivity index (χ2n) is 7.82. The van der Waals surface area contributed by atoms with E-state index in [0.29, 0.717) is 41.1 Å². The van der Waals surface area contributed by atoms with Crippen molar-refractivity contribution in [3.8, 4) is 34.4 Å². The number of nitrogens with one attached hydrogen (secondary N) is 1. The van der Waals surface area contributed by atoms with Crippen LogP contribution in [0.3, 0.4) is 0 Å². The van der Waals surface area contributed by atoms with E-state index in [9.17, 15) is 4.79 Å². The van der Waals surface area contributed by atoms with Gasteiger partial charge in [0.15, 0.2) is 0 Å². The largest absolute Gasteiger partial charge is 0.497 e. The molecule has 4 aromatic rings. The molecule has 1 N–H and O–H groups in total. The quantitative estimate of drug-likeness (QED) is 0.303. The Morgan fingerprint density at radius 2 is 1.76 bits per heavy atom. The number of nitrogens with zero attached hydrogens (tertiary/aromatic N) is 2. The van der Waals surface area contributed by atoms with Crippen LogP contribution in [0.15, 0.2) is 71.1 Å². The third kappa shape index (κ3) is 5.26. The summed E-state index contributed by atoms with van der Waals surface area (Å²) in [4.78, 5) is 12.9. The number of unbranched alkanes of at least 4 members (excludes halogenated alkanes) is 1. The van der Waals surface area contributed by atoms with Crippen LogP contribution in [0.4, 0.5) is 5.69 Å². The van der Waals surface area contributed by atoms with Crippen molar-refractivity contribution in [2.24, 2.45) is 0 Å². The molecule has 0 radical (unpaired) electrons. The fourth-order valence-electron chi connectivity index (χ4n) is 3.41. The van der Waals surface area contributed by atoms with Gasteiger partial charge in [0.25, 0.3) is 5.91 Å². The number of amides is 1. The van der Waals surface area contributed by atoms with Gasteiger partial charge >= 0.3 is 0 Å². The zero-order chi connectivity index (χ0) is 23.9. The Morgan fingerprint density at radius 1 is 1.00 bits per heavy atom. The summed E-state index contributed by atoms with van der Waals surface area (Å²) in [6.45, 7) is 4.67. The van der Waals surface area contributed by atoms with Crippen LogP contribution in [0, 0.1) is 6.92 Å². The molecule has 0 atom stereocenters. The second kappa shape index (κ2) is 10.7. The van der Waals surface area contributed by atoms with Gasteiger partial charge in [-0.15, -0.1) is 10.2 Å². The van der Waals surface area contributed by atoms with E-state index in [0.717, 1.165) is 29.5 Å². The first kappa shape index (κ1) is 23.0. The van der Waals surface area contributed by atoms with Crippen LogP contribution >= 0.6 is 0 Å². The first-order chi connectivity index (χ1) is 16.6. The summed E-state index contributed by atoms with van der Waals surface area (Å²) in [5, 5.41) is 11.3. The molecule has 1 amide bonds. The summed E-state index contributed by atoms with van der Waals surface area (Å²) < 4.78 is 17.0. The third-order valence-electron chi connectivity index (χ3n) is 5.38. The molecule has 1 heterocycles. The Balaban J connectivity index is 1.50. The summed E-state index contributed by atoms with van der Waals surface area (Å²) in [7, 11) is 1.58. The molecule has 0 unspecified atom stereocenters. The molecule has 4 rings (SSSR count). The molecule has 0 aliphatic rings. The number of anilines is 1. The van der Waals surface area contributed by atoms with Gasteiger partial charge in [-0.05, 0) is 61.4 Å². The SMILES string of the molecule is CCCCOc1ccc(OC)cc1NC(=O)c1ccc(-c2nnc(-c3ccccc3C)o2)cc1. The van der Waals surface area contributed by atoms with Crippen LogP contribution in [0.5, 0.6) is 11.5 Å². The Kier molecular flexibility index (Phi) is 7.22. The molecule has 0 aliphatic heterocycles. The van der Waals surface area contributed by atoms with Crippen LogP contribution in [0.1, 0.15) is 35.7 Å². The molecule has 0 bridgehead atoms. The fourth-order valence-corrected chi connectivity index (χ4v) is 3.41. The molecule has 0 aliphatic carbocycles. The average Bonchev–Trinajstić information content (AvgIpc) is 3.35. The number of rotatable bonds is 9.